The van der Waals surface area contributed by atoms with E-state index in [9.17, 15) is 8.42 Å². The van der Waals surface area contributed by atoms with Gasteiger partial charge in [0.15, 0.2) is 5.16 Å². The van der Waals surface area contributed by atoms with Gasteiger partial charge in [0.1, 0.15) is 12.1 Å². The molecule has 0 atom stereocenters. The average molecular weight is 285 g/mol. The minimum atomic E-state index is -3.57. The van der Waals surface area contributed by atoms with E-state index >= 15 is 0 Å². The Morgan fingerprint density at radius 3 is 2.72 bits per heavy atom. The quantitative estimate of drug-likeness (QED) is 0.636. The van der Waals surface area contributed by atoms with Crippen LogP contribution in [0, 0.1) is 0 Å². The molecular weight excluding hydrogens is 274 g/mol. The highest BCUT2D eigenvalue weighted by atomic mass is 32.2. The van der Waals surface area contributed by atoms with Gasteiger partial charge in [0.25, 0.3) is 0 Å². The fraction of sp³-hybridized carbons (Fsp3) is 0.200. The summed E-state index contributed by atoms with van der Waals surface area (Å²) in [5.74, 6) is 0.583. The predicted molar refractivity (Wildman–Crippen MR) is 68.0 cm³/mol. The molecule has 1 N–H and O–H groups in total. The average Bonchev–Trinajstić information content (AvgIpc) is 2.82. The molecule has 0 bridgehead atoms. The lowest BCUT2D eigenvalue weighted by Crippen LogP contribution is -2.15. The smallest absolute Gasteiger partial charge is 0.310 e. The van der Waals surface area contributed by atoms with E-state index in [2.05, 4.69) is 15.2 Å². The Kier molecular flexibility index (Phi) is 4.21. The van der Waals surface area contributed by atoms with Crippen LogP contribution in [-0.2, 0) is 10.1 Å². The van der Waals surface area contributed by atoms with Crippen molar-refractivity contribution in [2.75, 3.05) is 11.5 Å². The van der Waals surface area contributed by atoms with E-state index in [1.54, 1.807) is 30.3 Å². The number of nitrogens with zero attached hydrogens (tertiary/aromatic N) is 2. The third-order valence-electron chi connectivity index (χ3n) is 1.93. The van der Waals surface area contributed by atoms with Gasteiger partial charge in [-0.25, -0.2) is 4.98 Å². The topological polar surface area (TPSA) is 84.9 Å². The molecule has 0 spiro atoms. The van der Waals surface area contributed by atoms with E-state index in [-0.39, 0.29) is 5.75 Å². The summed E-state index contributed by atoms with van der Waals surface area (Å²) < 4.78 is 28.2. The first kappa shape index (κ1) is 12.9. The molecule has 96 valence electrons. The number of para-hydroxylation sites is 1. The lowest BCUT2D eigenvalue weighted by molar-refractivity contribution is 0.488. The molecule has 8 heteroatoms. The zero-order chi connectivity index (χ0) is 12.8. The van der Waals surface area contributed by atoms with Crippen molar-refractivity contribution in [3.05, 3.63) is 36.7 Å². The van der Waals surface area contributed by atoms with E-state index in [1.807, 2.05) is 0 Å². The van der Waals surface area contributed by atoms with Gasteiger partial charge in [-0.1, -0.05) is 30.0 Å². The zero-order valence-corrected chi connectivity index (χ0v) is 10.9. The molecule has 1 heterocycles. The van der Waals surface area contributed by atoms with Gasteiger partial charge < -0.3 is 4.18 Å². The Bertz CT molecular complexity index is 570. The summed E-state index contributed by atoms with van der Waals surface area (Å²) in [5, 5.41) is 6.89. The maximum absolute atomic E-state index is 11.6. The van der Waals surface area contributed by atoms with Crippen molar-refractivity contribution in [2.24, 2.45) is 0 Å². The molecule has 0 aliphatic rings. The first-order valence-corrected chi connectivity index (χ1v) is 7.67. The summed E-state index contributed by atoms with van der Waals surface area (Å²) >= 11 is 1.28. The van der Waals surface area contributed by atoms with Gasteiger partial charge in [-0.3, -0.25) is 5.10 Å². The number of hydrogen-bond donors (Lipinski definition) is 1. The van der Waals surface area contributed by atoms with Gasteiger partial charge in [-0.2, -0.15) is 13.5 Å². The van der Waals surface area contributed by atoms with Gasteiger partial charge in [-0.05, 0) is 12.1 Å². The van der Waals surface area contributed by atoms with Crippen LogP contribution >= 0.6 is 11.8 Å². The third kappa shape index (κ3) is 4.04. The van der Waals surface area contributed by atoms with Crippen LogP contribution in [0.15, 0.2) is 41.8 Å². The molecule has 0 saturated carbocycles. The van der Waals surface area contributed by atoms with Gasteiger partial charge in [0, 0.05) is 5.75 Å². The summed E-state index contributed by atoms with van der Waals surface area (Å²) in [6.45, 7) is 0. The highest BCUT2D eigenvalue weighted by Crippen LogP contribution is 2.15. The Morgan fingerprint density at radius 2 is 2.06 bits per heavy atom. The van der Waals surface area contributed by atoms with Crippen molar-refractivity contribution in [3.8, 4) is 5.75 Å². The molecule has 0 aliphatic heterocycles. The zero-order valence-electron chi connectivity index (χ0n) is 9.31. The number of rotatable bonds is 6. The van der Waals surface area contributed by atoms with Crippen LogP contribution in [-0.4, -0.2) is 35.1 Å². The van der Waals surface area contributed by atoms with E-state index in [0.29, 0.717) is 16.7 Å². The van der Waals surface area contributed by atoms with Gasteiger partial charge in [0.05, 0.1) is 5.75 Å². The summed E-state index contributed by atoms with van der Waals surface area (Å²) in [6.07, 6.45) is 1.37. The number of nitrogens with one attached hydrogen (secondary N) is 1. The monoisotopic (exact) mass is 285 g/mol. The summed E-state index contributed by atoms with van der Waals surface area (Å²) in [6, 6.07) is 8.42. The molecule has 0 aliphatic carbocycles. The molecule has 6 nitrogen and oxygen atoms in total. The molecule has 1 aromatic heterocycles. The third-order valence-corrected chi connectivity index (χ3v) is 4.22. The Morgan fingerprint density at radius 1 is 1.28 bits per heavy atom. The van der Waals surface area contributed by atoms with E-state index in [4.69, 9.17) is 4.18 Å². The number of aromatic nitrogens is 3. The molecule has 2 rings (SSSR count). The van der Waals surface area contributed by atoms with Crippen LogP contribution in [0.25, 0.3) is 0 Å². The van der Waals surface area contributed by atoms with Crippen molar-refractivity contribution < 1.29 is 12.6 Å². The van der Waals surface area contributed by atoms with Crippen molar-refractivity contribution in [3.63, 3.8) is 0 Å². The molecule has 2 aromatic rings. The van der Waals surface area contributed by atoms with Crippen LogP contribution in [0.4, 0.5) is 0 Å². The van der Waals surface area contributed by atoms with Crippen LogP contribution in [0.3, 0.4) is 0 Å². The van der Waals surface area contributed by atoms with Crippen molar-refractivity contribution in [1.82, 2.24) is 15.2 Å². The molecule has 0 unspecified atom stereocenters. The fourth-order valence-electron chi connectivity index (χ4n) is 1.17. The van der Waals surface area contributed by atoms with E-state index in [0.717, 1.165) is 0 Å². The standard InChI is InChI=1S/C10H11N3O3S2/c14-18(15,16-9-4-2-1-3-5-9)7-6-17-10-11-8-12-13-10/h1-5,8H,6-7H2,(H,11,12,13). The number of hydrogen-bond acceptors (Lipinski definition) is 6. The highest BCUT2D eigenvalue weighted by Gasteiger charge is 2.13. The molecule has 18 heavy (non-hydrogen) atoms. The molecule has 0 amide bonds. The van der Waals surface area contributed by atoms with Crippen molar-refractivity contribution in [2.45, 2.75) is 5.16 Å². The maximum Gasteiger partial charge on any atom is 0.310 e. The van der Waals surface area contributed by atoms with Crippen LogP contribution in [0.2, 0.25) is 0 Å². The van der Waals surface area contributed by atoms with Crippen molar-refractivity contribution >= 4 is 21.9 Å². The minimum absolute atomic E-state index is 0.0900. The van der Waals surface area contributed by atoms with Gasteiger partial charge >= 0.3 is 10.1 Å². The SMILES string of the molecule is O=S(=O)(CCSc1ncn[nH]1)Oc1ccccc1. The van der Waals surface area contributed by atoms with Crippen LogP contribution in [0.1, 0.15) is 0 Å². The Labute approximate surface area is 109 Å². The molecule has 0 radical (unpaired) electrons. The van der Waals surface area contributed by atoms with Crippen molar-refractivity contribution in [1.29, 1.82) is 0 Å². The van der Waals surface area contributed by atoms with Gasteiger partial charge in [0.2, 0.25) is 0 Å². The maximum atomic E-state index is 11.6. The first-order chi connectivity index (χ1) is 8.66. The normalized spacial score (nSPS) is 11.3. The summed E-state index contributed by atoms with van der Waals surface area (Å²) in [5.41, 5.74) is 0. The lowest BCUT2D eigenvalue weighted by Gasteiger charge is -2.05. The largest absolute Gasteiger partial charge is 0.382 e. The highest BCUT2D eigenvalue weighted by molar-refractivity contribution is 8.00. The van der Waals surface area contributed by atoms with Gasteiger partial charge in [-0.15, -0.1) is 0 Å². The number of thioether (sulfide) groups is 1. The number of aromatic amines is 1. The fourth-order valence-corrected chi connectivity index (χ4v) is 3.24. The predicted octanol–water partition coefficient (Wildman–Crippen LogP) is 1.31. The number of benzene rings is 1. The van der Waals surface area contributed by atoms with E-state index in [1.165, 1.54) is 18.1 Å². The molecular formula is C10H11N3O3S2. The Hall–Kier alpha value is -1.54. The number of H-pyrrole nitrogens is 1. The Balaban J connectivity index is 1.84. The minimum Gasteiger partial charge on any atom is -0.382 e. The lowest BCUT2D eigenvalue weighted by atomic mass is 10.3. The van der Waals surface area contributed by atoms with Crippen LogP contribution < -0.4 is 4.18 Å². The second-order valence-corrected chi connectivity index (χ2v) is 6.07. The molecule has 1 aromatic carbocycles. The molecule has 0 saturated heterocycles. The van der Waals surface area contributed by atoms with E-state index < -0.39 is 10.1 Å². The molecule has 0 fully saturated rings. The summed E-state index contributed by atoms with van der Waals surface area (Å²) in [7, 11) is -3.57. The first-order valence-electron chi connectivity index (χ1n) is 5.11. The summed E-state index contributed by atoms with van der Waals surface area (Å²) in [4.78, 5) is 3.88. The second-order valence-electron chi connectivity index (χ2n) is 3.30. The van der Waals surface area contributed by atoms with Crippen LogP contribution in [0.5, 0.6) is 5.75 Å². The second kappa shape index (κ2) is 5.87.